The third-order valence-corrected chi connectivity index (χ3v) is 6.70. The topological polar surface area (TPSA) is 110 Å². The van der Waals surface area contributed by atoms with Crippen LogP contribution in [0, 0.1) is 0 Å². The van der Waals surface area contributed by atoms with E-state index in [4.69, 9.17) is 10.5 Å². The second-order valence-corrected chi connectivity index (χ2v) is 9.90. The minimum Gasteiger partial charge on any atom is -0.497 e. The van der Waals surface area contributed by atoms with Crippen molar-refractivity contribution in [2.45, 2.75) is 46.0 Å². The number of amides is 2. The number of ether oxygens (including phenoxy) is 1. The van der Waals surface area contributed by atoms with E-state index in [2.05, 4.69) is 35.2 Å². The van der Waals surface area contributed by atoms with Crippen LogP contribution in [0.25, 0.3) is 6.08 Å². The van der Waals surface area contributed by atoms with Gasteiger partial charge in [0.15, 0.2) is 0 Å². The second kappa shape index (κ2) is 13.6. The summed E-state index contributed by atoms with van der Waals surface area (Å²) < 4.78 is 5.31. The summed E-state index contributed by atoms with van der Waals surface area (Å²) in [5, 5.41) is 2.94. The predicted molar refractivity (Wildman–Crippen MR) is 160 cm³/mol. The van der Waals surface area contributed by atoms with E-state index >= 15 is 0 Å². The number of fused-ring (bicyclic) bond motifs is 1. The third kappa shape index (κ3) is 7.34. The molecule has 0 fully saturated rings. The van der Waals surface area contributed by atoms with Gasteiger partial charge in [-0.2, -0.15) is 0 Å². The predicted octanol–water partition coefficient (Wildman–Crippen LogP) is 5.55. The maximum absolute atomic E-state index is 13.2. The van der Waals surface area contributed by atoms with E-state index in [-0.39, 0.29) is 18.2 Å². The van der Waals surface area contributed by atoms with Gasteiger partial charge in [-0.25, -0.2) is 4.99 Å². The molecule has 2 amide bonds. The fraction of sp³-hybridized carbons (Fsp3) is 0.312. The molecule has 1 aliphatic heterocycles. The highest BCUT2D eigenvalue weighted by atomic mass is 16.5. The van der Waals surface area contributed by atoms with Crippen LogP contribution in [0.3, 0.4) is 0 Å². The van der Waals surface area contributed by atoms with E-state index in [9.17, 15) is 9.59 Å². The van der Waals surface area contributed by atoms with Gasteiger partial charge < -0.3 is 20.7 Å². The number of nitrogens with zero attached hydrogens (tertiary/aromatic N) is 3. The minimum absolute atomic E-state index is 0.0182. The molecule has 0 saturated heterocycles. The number of aliphatic imine (C=N–C) groups is 1. The van der Waals surface area contributed by atoms with Crippen LogP contribution < -0.4 is 15.8 Å². The molecule has 3 N–H and O–H groups in total. The summed E-state index contributed by atoms with van der Waals surface area (Å²) in [6.45, 7) is 5.52. The first-order valence-corrected chi connectivity index (χ1v) is 13.7. The van der Waals surface area contributed by atoms with Gasteiger partial charge >= 0.3 is 0 Å². The summed E-state index contributed by atoms with van der Waals surface area (Å²) in [6.07, 6.45) is 8.93. The Kier molecular flexibility index (Phi) is 9.67. The number of hydrogen-bond donors (Lipinski definition) is 2. The Morgan fingerprint density at radius 2 is 1.77 bits per heavy atom. The van der Waals surface area contributed by atoms with Gasteiger partial charge in [0.2, 0.25) is 5.91 Å². The zero-order valence-electron chi connectivity index (χ0n) is 23.4. The Balaban J connectivity index is 1.47. The molecule has 0 bridgehead atoms. The van der Waals surface area contributed by atoms with Crippen LogP contribution in [0.15, 0.2) is 71.5 Å². The standard InChI is InChI=1S/C32H37N5O3/c1-4-13-37(14-5-2)32(39)26-17-24-11-12-25(18-29(24)36-30(33)19-26)31(38)35-27-15-23(20-34-21-27)10-9-22-7-6-8-28(16-22)40-3/h6-8,11-12,15-18,20-21H,4-5,9-10,13-14,19H2,1-3H3,(H2,33,36)(H,35,38). The van der Waals surface area contributed by atoms with Gasteiger partial charge in [-0.05, 0) is 73.2 Å². The third-order valence-electron chi connectivity index (χ3n) is 6.70. The van der Waals surface area contributed by atoms with E-state index in [0.717, 1.165) is 42.6 Å². The smallest absolute Gasteiger partial charge is 0.255 e. The van der Waals surface area contributed by atoms with Gasteiger partial charge in [-0.15, -0.1) is 0 Å². The van der Waals surface area contributed by atoms with E-state index in [0.29, 0.717) is 41.4 Å². The first-order valence-electron chi connectivity index (χ1n) is 13.7. The van der Waals surface area contributed by atoms with E-state index in [1.54, 1.807) is 25.4 Å². The molecule has 8 nitrogen and oxygen atoms in total. The minimum atomic E-state index is -0.273. The zero-order chi connectivity index (χ0) is 28.5. The molecule has 40 heavy (non-hydrogen) atoms. The van der Waals surface area contributed by atoms with Gasteiger partial charge in [0.05, 0.1) is 24.7 Å². The van der Waals surface area contributed by atoms with Gasteiger partial charge in [-0.3, -0.25) is 14.6 Å². The average Bonchev–Trinajstić information content (AvgIpc) is 3.13. The molecule has 1 aromatic heterocycles. The summed E-state index contributed by atoms with van der Waals surface area (Å²) >= 11 is 0. The molecular formula is C32H37N5O3. The van der Waals surface area contributed by atoms with Gasteiger partial charge in [0, 0.05) is 42.4 Å². The van der Waals surface area contributed by atoms with Gasteiger partial charge in [0.1, 0.15) is 11.6 Å². The van der Waals surface area contributed by atoms with Crippen LogP contribution in [0.1, 0.15) is 60.2 Å². The molecule has 0 aliphatic carbocycles. The highest BCUT2D eigenvalue weighted by molar-refractivity contribution is 6.07. The monoisotopic (exact) mass is 539 g/mol. The summed E-state index contributed by atoms with van der Waals surface area (Å²) in [5.74, 6) is 0.883. The number of methoxy groups -OCH3 is 1. The number of aryl methyl sites for hydroxylation is 2. The number of hydrogen-bond acceptors (Lipinski definition) is 6. The molecule has 8 heteroatoms. The number of nitrogens with one attached hydrogen (secondary N) is 1. The van der Waals surface area contributed by atoms with Crippen LogP contribution >= 0.6 is 0 Å². The Morgan fingerprint density at radius 1 is 1.00 bits per heavy atom. The first kappa shape index (κ1) is 28.5. The van der Waals surface area contributed by atoms with Crippen molar-refractivity contribution in [3.8, 4) is 5.75 Å². The molecule has 1 aliphatic rings. The Bertz CT molecular complexity index is 1420. The summed E-state index contributed by atoms with van der Waals surface area (Å²) in [4.78, 5) is 37.0. The maximum Gasteiger partial charge on any atom is 0.255 e. The number of nitrogens with two attached hydrogens (primary N) is 1. The van der Waals surface area contributed by atoms with Crippen LogP contribution in [-0.4, -0.2) is 47.7 Å². The molecule has 0 atom stereocenters. The molecule has 0 saturated carbocycles. The van der Waals surface area contributed by atoms with Crippen LogP contribution in [0.5, 0.6) is 5.75 Å². The lowest BCUT2D eigenvalue weighted by molar-refractivity contribution is -0.127. The number of carbonyl (C=O) groups is 2. The van der Waals surface area contributed by atoms with Crippen molar-refractivity contribution in [2.24, 2.45) is 10.7 Å². The fourth-order valence-corrected chi connectivity index (χ4v) is 4.74. The molecule has 2 aromatic carbocycles. The number of amidine groups is 1. The van der Waals surface area contributed by atoms with Gasteiger partial charge in [0.25, 0.3) is 5.91 Å². The van der Waals surface area contributed by atoms with Crippen LogP contribution in [0.4, 0.5) is 11.4 Å². The van der Waals surface area contributed by atoms with E-state index < -0.39 is 0 Å². The zero-order valence-corrected chi connectivity index (χ0v) is 23.4. The average molecular weight is 540 g/mol. The number of anilines is 1. The largest absolute Gasteiger partial charge is 0.497 e. The van der Waals surface area contributed by atoms with Crippen molar-refractivity contribution in [3.05, 3.63) is 88.8 Å². The molecule has 208 valence electrons. The molecule has 0 radical (unpaired) electrons. The SMILES string of the molecule is CCCN(CCC)C(=O)C1=Cc2ccc(C(=O)Nc3cncc(CCc4cccc(OC)c4)c3)cc2N=C(N)C1. The summed E-state index contributed by atoms with van der Waals surface area (Å²) in [7, 11) is 1.66. The maximum atomic E-state index is 13.2. The molecular weight excluding hydrogens is 502 g/mol. The van der Waals surface area contributed by atoms with E-state index in [1.807, 2.05) is 47.5 Å². The second-order valence-electron chi connectivity index (χ2n) is 9.90. The Labute approximate surface area is 236 Å². The lowest BCUT2D eigenvalue weighted by Crippen LogP contribution is -2.34. The lowest BCUT2D eigenvalue weighted by Gasteiger charge is -2.22. The molecule has 4 rings (SSSR count). The van der Waals surface area contributed by atoms with Crippen molar-refractivity contribution >= 4 is 35.1 Å². The number of aromatic nitrogens is 1. The van der Waals surface area contributed by atoms with Crippen LogP contribution in [0.2, 0.25) is 0 Å². The van der Waals surface area contributed by atoms with Gasteiger partial charge in [-0.1, -0.05) is 32.0 Å². The normalized spacial score (nSPS) is 12.5. The number of rotatable bonds is 11. The molecule has 0 unspecified atom stereocenters. The van der Waals surface area contributed by atoms with Crippen molar-refractivity contribution in [1.29, 1.82) is 0 Å². The number of benzene rings is 2. The first-order chi connectivity index (χ1) is 19.4. The van der Waals surface area contributed by atoms with Crippen molar-refractivity contribution in [2.75, 3.05) is 25.5 Å². The molecule has 0 spiro atoms. The highest BCUT2D eigenvalue weighted by Gasteiger charge is 2.21. The lowest BCUT2D eigenvalue weighted by atomic mass is 10.0. The quantitative estimate of drug-likeness (QED) is 0.332. The molecule has 2 heterocycles. The Morgan fingerprint density at radius 3 is 2.52 bits per heavy atom. The van der Waals surface area contributed by atoms with Crippen molar-refractivity contribution in [1.82, 2.24) is 9.88 Å². The van der Waals surface area contributed by atoms with E-state index in [1.165, 1.54) is 5.56 Å². The number of pyridine rings is 1. The number of carbonyl (C=O) groups excluding carboxylic acids is 2. The Hall–Kier alpha value is -4.46. The summed E-state index contributed by atoms with van der Waals surface area (Å²) in [5.41, 5.74) is 11.4. The van der Waals surface area contributed by atoms with Crippen molar-refractivity contribution in [3.63, 3.8) is 0 Å². The summed E-state index contributed by atoms with van der Waals surface area (Å²) in [6, 6.07) is 15.2. The van der Waals surface area contributed by atoms with Crippen LogP contribution in [-0.2, 0) is 17.6 Å². The highest BCUT2D eigenvalue weighted by Crippen LogP contribution is 2.29. The molecule has 3 aromatic rings. The fourth-order valence-electron chi connectivity index (χ4n) is 4.74. The van der Waals surface area contributed by atoms with Crippen molar-refractivity contribution < 1.29 is 14.3 Å².